The number of ether oxygens (including phenoxy) is 2. The summed E-state index contributed by atoms with van der Waals surface area (Å²) in [4.78, 5) is 12.6. The highest BCUT2D eigenvalue weighted by Gasteiger charge is 2.23. The summed E-state index contributed by atoms with van der Waals surface area (Å²) in [6, 6.07) is 5.60. The smallest absolute Gasteiger partial charge is 0.232 e. The summed E-state index contributed by atoms with van der Waals surface area (Å²) in [5.74, 6) is 0.579. The van der Waals surface area contributed by atoms with Crippen LogP contribution in [0.2, 0.25) is 0 Å². The molecule has 22 heavy (non-hydrogen) atoms. The van der Waals surface area contributed by atoms with E-state index < -0.39 is 0 Å². The predicted octanol–water partition coefficient (Wildman–Crippen LogP) is 5.24. The number of hydrogen-bond acceptors (Lipinski definition) is 3. The third-order valence-corrected chi connectivity index (χ3v) is 4.66. The molecule has 0 amide bonds. The maximum Gasteiger partial charge on any atom is 0.232 e. The zero-order chi connectivity index (χ0) is 15.5. The number of ketones is 1. The van der Waals surface area contributed by atoms with Gasteiger partial charge in [-0.15, -0.1) is 0 Å². The number of carbonyl (C=O) groups is 1. The van der Waals surface area contributed by atoms with E-state index in [0.717, 1.165) is 26.5 Å². The van der Waals surface area contributed by atoms with Crippen LogP contribution >= 0.6 is 38.5 Å². The molecule has 0 fully saturated rings. The summed E-state index contributed by atoms with van der Waals surface area (Å²) < 4.78 is 12.8. The van der Waals surface area contributed by atoms with Gasteiger partial charge in [-0.05, 0) is 59.2 Å². The highest BCUT2D eigenvalue weighted by atomic mass is 127. The quantitative estimate of drug-likeness (QED) is 0.447. The number of benzene rings is 1. The number of halogens is 2. The Labute approximate surface area is 150 Å². The average molecular weight is 471 g/mol. The zero-order valence-corrected chi connectivity index (χ0v) is 15.3. The molecule has 1 aromatic carbocycles. The van der Waals surface area contributed by atoms with Crippen molar-refractivity contribution in [2.75, 3.05) is 0 Å². The first-order valence-corrected chi connectivity index (χ1v) is 8.62. The van der Waals surface area contributed by atoms with Crippen molar-refractivity contribution in [3.63, 3.8) is 0 Å². The van der Waals surface area contributed by atoms with Gasteiger partial charge in [0.05, 0.1) is 0 Å². The van der Waals surface area contributed by atoms with Gasteiger partial charge < -0.3 is 9.47 Å². The van der Waals surface area contributed by atoms with Gasteiger partial charge in [0.2, 0.25) is 11.5 Å². The maximum atomic E-state index is 12.6. The number of Topliss-reactive ketones (excluding diaryl/α,β-unsaturated/α-hetero) is 1. The number of rotatable bonds is 3. The van der Waals surface area contributed by atoms with Gasteiger partial charge in [0.15, 0.2) is 5.76 Å². The number of hydrogen-bond donors (Lipinski definition) is 0. The average Bonchev–Trinajstić information content (AvgIpc) is 2.57. The molecule has 0 N–H and O–H groups in total. The second-order valence-electron chi connectivity index (χ2n) is 4.81. The van der Waals surface area contributed by atoms with E-state index in [-0.39, 0.29) is 11.5 Å². The molecule has 2 aliphatic rings. The lowest BCUT2D eigenvalue weighted by Crippen LogP contribution is -2.12. The van der Waals surface area contributed by atoms with Crippen LogP contribution < -0.4 is 0 Å². The molecule has 3 nitrogen and oxygen atoms in total. The van der Waals surface area contributed by atoms with Crippen LogP contribution in [0.4, 0.5) is 0 Å². The first kappa shape index (κ1) is 15.6. The fourth-order valence-corrected chi connectivity index (χ4v) is 3.10. The molecule has 0 radical (unpaired) electrons. The van der Waals surface area contributed by atoms with Crippen molar-refractivity contribution in [2.24, 2.45) is 0 Å². The summed E-state index contributed by atoms with van der Waals surface area (Å²) in [6.45, 7) is 0. The van der Waals surface area contributed by atoms with Crippen LogP contribution in [0.25, 0.3) is 0 Å². The predicted molar refractivity (Wildman–Crippen MR) is 96.0 cm³/mol. The molecule has 0 saturated heterocycles. The maximum absolute atomic E-state index is 12.6. The van der Waals surface area contributed by atoms with Gasteiger partial charge in [0, 0.05) is 13.6 Å². The zero-order valence-electron chi connectivity index (χ0n) is 11.5. The third-order valence-electron chi connectivity index (χ3n) is 3.30. The first-order valence-electron chi connectivity index (χ1n) is 6.74. The topological polar surface area (TPSA) is 35.5 Å². The molecule has 5 heteroatoms. The minimum atomic E-state index is -0.206. The molecular weight excluding hydrogens is 459 g/mol. The minimum absolute atomic E-state index is 0.190. The minimum Gasteiger partial charge on any atom is -0.465 e. The Kier molecular flexibility index (Phi) is 4.83. The molecule has 1 aromatic rings. The number of carbonyl (C=O) groups excluding carboxylic acids is 1. The van der Waals surface area contributed by atoms with Crippen LogP contribution in [0.15, 0.2) is 70.5 Å². The van der Waals surface area contributed by atoms with Gasteiger partial charge in [0.25, 0.3) is 0 Å². The largest absolute Gasteiger partial charge is 0.465 e. The molecule has 1 aliphatic heterocycles. The highest BCUT2D eigenvalue weighted by molar-refractivity contribution is 14.1. The Morgan fingerprint density at radius 1 is 1.27 bits per heavy atom. The summed E-state index contributed by atoms with van der Waals surface area (Å²) in [7, 11) is 0. The summed E-state index contributed by atoms with van der Waals surface area (Å²) in [6.07, 6.45) is 10.8. The van der Waals surface area contributed by atoms with Gasteiger partial charge in [-0.2, -0.15) is 0 Å². The van der Waals surface area contributed by atoms with Crippen LogP contribution in [0.1, 0.15) is 23.2 Å². The summed E-state index contributed by atoms with van der Waals surface area (Å²) in [5.41, 5.74) is 1.59. The fourth-order valence-electron chi connectivity index (χ4n) is 2.18. The lowest BCUT2D eigenvalue weighted by Gasteiger charge is -2.19. The molecule has 0 atom stereocenters. The Morgan fingerprint density at radius 2 is 2.14 bits per heavy atom. The fraction of sp³-hybridized carbons (Fsp3) is 0.118. The monoisotopic (exact) mass is 470 g/mol. The second-order valence-corrected chi connectivity index (χ2v) is 6.91. The molecule has 1 aliphatic carbocycles. The van der Waals surface area contributed by atoms with Crippen molar-refractivity contribution in [3.8, 4) is 0 Å². The van der Waals surface area contributed by atoms with E-state index in [1.54, 1.807) is 0 Å². The molecule has 0 spiro atoms. The standard InChI is InChI=1S/C17H12BrIO3/c18-14-7-6-12(19)8-13(14)17(20)16-10-21-9-15(22-16)11-4-2-1-3-5-11/h1-2,4,6-10H,3,5H2. The van der Waals surface area contributed by atoms with Crippen molar-refractivity contribution in [1.82, 2.24) is 0 Å². The molecular formula is C17H12BrIO3. The highest BCUT2D eigenvalue weighted by Crippen LogP contribution is 2.29. The Morgan fingerprint density at radius 3 is 2.91 bits per heavy atom. The second kappa shape index (κ2) is 6.83. The van der Waals surface area contributed by atoms with Crippen LogP contribution in [-0.2, 0) is 9.47 Å². The van der Waals surface area contributed by atoms with E-state index in [1.807, 2.05) is 30.4 Å². The molecule has 3 rings (SSSR count). The SMILES string of the molecule is O=C(C1=COC=C(C2=CC=CCC2)O1)c1cc(I)ccc1Br. The van der Waals surface area contributed by atoms with Crippen molar-refractivity contribution in [1.29, 1.82) is 0 Å². The van der Waals surface area contributed by atoms with Crippen LogP contribution in [0.3, 0.4) is 0 Å². The van der Waals surface area contributed by atoms with Crippen molar-refractivity contribution in [2.45, 2.75) is 12.8 Å². The van der Waals surface area contributed by atoms with E-state index in [4.69, 9.17) is 9.47 Å². The normalized spacial score (nSPS) is 16.9. The Bertz CT molecular complexity index is 744. The van der Waals surface area contributed by atoms with E-state index >= 15 is 0 Å². The molecule has 1 heterocycles. The Balaban J connectivity index is 1.82. The van der Waals surface area contributed by atoms with Crippen LogP contribution in [-0.4, -0.2) is 5.78 Å². The lowest BCUT2D eigenvalue weighted by molar-refractivity contribution is 0.0933. The van der Waals surface area contributed by atoms with E-state index in [9.17, 15) is 4.79 Å². The van der Waals surface area contributed by atoms with Gasteiger partial charge >= 0.3 is 0 Å². The molecule has 0 bridgehead atoms. The third kappa shape index (κ3) is 3.35. The molecule has 0 saturated carbocycles. The Hall–Kier alpha value is -1.34. The van der Waals surface area contributed by atoms with Gasteiger partial charge in [0.1, 0.15) is 12.5 Å². The van der Waals surface area contributed by atoms with Crippen molar-refractivity contribution in [3.05, 3.63) is 79.6 Å². The molecule has 0 aromatic heterocycles. The van der Waals surface area contributed by atoms with Crippen LogP contribution in [0, 0.1) is 3.57 Å². The van der Waals surface area contributed by atoms with Gasteiger partial charge in [-0.25, -0.2) is 0 Å². The first-order chi connectivity index (χ1) is 10.6. The van der Waals surface area contributed by atoms with E-state index in [1.165, 1.54) is 12.5 Å². The number of allylic oxidation sites excluding steroid dienone is 5. The van der Waals surface area contributed by atoms with Crippen molar-refractivity contribution >= 4 is 44.3 Å². The van der Waals surface area contributed by atoms with Gasteiger partial charge in [-0.3, -0.25) is 4.79 Å². The van der Waals surface area contributed by atoms with Crippen molar-refractivity contribution < 1.29 is 14.3 Å². The summed E-state index contributed by atoms with van der Waals surface area (Å²) >= 11 is 5.58. The van der Waals surface area contributed by atoms with E-state index in [2.05, 4.69) is 44.6 Å². The van der Waals surface area contributed by atoms with Crippen LogP contribution in [0.5, 0.6) is 0 Å². The molecule has 112 valence electrons. The van der Waals surface area contributed by atoms with Gasteiger partial charge in [-0.1, -0.05) is 34.2 Å². The molecule has 0 unspecified atom stereocenters. The lowest BCUT2D eigenvalue weighted by atomic mass is 10.0. The van der Waals surface area contributed by atoms with E-state index in [0.29, 0.717) is 11.3 Å². The summed E-state index contributed by atoms with van der Waals surface area (Å²) in [5, 5.41) is 0.